The summed E-state index contributed by atoms with van der Waals surface area (Å²) in [5.74, 6) is 1.28. The molecule has 3 nitrogen and oxygen atoms in total. The first-order chi connectivity index (χ1) is 24.9. The second-order valence-electron chi connectivity index (χ2n) is 16.9. The van der Waals surface area contributed by atoms with E-state index in [9.17, 15) is 15.0 Å². The minimum absolute atomic E-state index is 0.0235. The summed E-state index contributed by atoms with van der Waals surface area (Å²) in [4.78, 5) is 13.5. The van der Waals surface area contributed by atoms with E-state index in [2.05, 4.69) is 91.0 Å². The average Bonchev–Trinajstić information content (AvgIpc) is 3.67. The van der Waals surface area contributed by atoms with E-state index in [4.69, 9.17) is 0 Å². The van der Waals surface area contributed by atoms with Gasteiger partial charge in [-0.15, -0.1) is 0 Å². The number of carbonyl (C=O) groups is 1. The molecule has 0 aliphatic heterocycles. The van der Waals surface area contributed by atoms with Crippen LogP contribution in [0.2, 0.25) is 0 Å². The zero-order chi connectivity index (χ0) is 34.8. The Morgan fingerprint density at radius 1 is 0.784 bits per heavy atom. The number of phenols is 1. The Labute approximate surface area is 304 Å². The molecule has 0 unspecified atom stereocenters. The molecule has 51 heavy (non-hydrogen) atoms. The molecular formula is C48H56O3. The van der Waals surface area contributed by atoms with E-state index in [-0.39, 0.29) is 5.41 Å². The topological polar surface area (TPSA) is 57.5 Å². The molecule has 2 saturated carbocycles. The molecule has 3 heteroatoms. The monoisotopic (exact) mass is 680 g/mol. The van der Waals surface area contributed by atoms with Gasteiger partial charge in [-0.1, -0.05) is 122 Å². The fourth-order valence-corrected chi connectivity index (χ4v) is 11.3. The Hall–Kier alpha value is -3.85. The van der Waals surface area contributed by atoms with Crippen molar-refractivity contribution < 1.29 is 15.0 Å². The third-order valence-corrected chi connectivity index (χ3v) is 14.1. The van der Waals surface area contributed by atoms with Gasteiger partial charge in [0.15, 0.2) is 0 Å². The van der Waals surface area contributed by atoms with Crippen molar-refractivity contribution in [1.29, 1.82) is 0 Å². The molecule has 1 spiro atoms. The molecule has 6 aliphatic rings. The van der Waals surface area contributed by atoms with Crippen LogP contribution in [0.15, 0.2) is 96.6 Å². The van der Waals surface area contributed by atoms with E-state index >= 15 is 0 Å². The number of benzene rings is 3. The summed E-state index contributed by atoms with van der Waals surface area (Å²) >= 11 is 0. The highest BCUT2D eigenvalue weighted by molar-refractivity contribution is 5.73. The van der Waals surface area contributed by atoms with Crippen LogP contribution in [0.5, 0.6) is 5.75 Å². The standard InChI is InChI=1S/C48H56O3/c49-44-21-19-41(20-22-44)47-26-24-35(28-42(47)16-4-2-1-3-10-34-11-5-6-12-34)18-23-45(46(50)51)48(43-17-9-13-36(29-43)32-47)27-25-39-30-37-14-7-8-15-38(37)31-40(39)33-48/h5,7-9,11,13-15,17-22,29-31,34,39-40,42,45,49H,1-4,6,10,12,16,23-28,32-33H2,(H,50,51)/b35-18-/t34-,39-,40-,42-,45-,47+,48+/m1/s1. The average molecular weight is 681 g/mol. The summed E-state index contributed by atoms with van der Waals surface area (Å²) in [5, 5.41) is 24.0. The SMILES string of the molecule is O=C(O)[C@H]1C/C=C2/CC[C@@](c3ccc(O)cc3)(Cc3cccc(c3)[C@@]13CC[C@@H]1C=c4ccccc4=C[C@@H]1C3)[C@H](CCCCCC[C@@H]1C=CCC1)C2. The van der Waals surface area contributed by atoms with Crippen molar-refractivity contribution in [3.63, 3.8) is 0 Å². The first kappa shape index (κ1) is 34.2. The van der Waals surface area contributed by atoms with Crippen molar-refractivity contribution in [2.75, 3.05) is 0 Å². The number of phenolic OH excluding ortho intramolecular Hbond substituents is 1. The van der Waals surface area contributed by atoms with Gasteiger partial charge in [0, 0.05) is 10.8 Å². The van der Waals surface area contributed by atoms with Crippen LogP contribution in [-0.4, -0.2) is 16.2 Å². The lowest BCUT2D eigenvalue weighted by Crippen LogP contribution is -2.47. The third kappa shape index (κ3) is 6.90. The largest absolute Gasteiger partial charge is 0.508 e. The summed E-state index contributed by atoms with van der Waals surface area (Å²) < 4.78 is 0. The van der Waals surface area contributed by atoms with Gasteiger partial charge in [-0.3, -0.25) is 4.79 Å². The van der Waals surface area contributed by atoms with Crippen molar-refractivity contribution in [3.8, 4) is 5.75 Å². The van der Waals surface area contributed by atoms with Crippen LogP contribution in [0.25, 0.3) is 12.2 Å². The number of aromatic hydroxyl groups is 1. The van der Waals surface area contributed by atoms with E-state index in [1.165, 1.54) is 84.1 Å². The molecule has 0 saturated heterocycles. The maximum atomic E-state index is 13.5. The number of fused-ring (bicyclic) bond motifs is 6. The van der Waals surface area contributed by atoms with Gasteiger partial charge in [-0.25, -0.2) is 0 Å². The number of hydrogen-bond acceptors (Lipinski definition) is 2. The molecule has 0 amide bonds. The highest BCUT2D eigenvalue weighted by Gasteiger charge is 2.50. The van der Waals surface area contributed by atoms with Gasteiger partial charge in [0.05, 0.1) is 5.92 Å². The summed E-state index contributed by atoms with van der Waals surface area (Å²) in [7, 11) is 0. The number of hydrogen-bond donors (Lipinski definition) is 2. The highest BCUT2D eigenvalue weighted by atomic mass is 16.4. The van der Waals surface area contributed by atoms with Crippen LogP contribution in [0, 0.1) is 29.6 Å². The Balaban J connectivity index is 1.14. The number of unbranched alkanes of at least 4 members (excludes halogenated alkanes) is 3. The molecule has 2 fully saturated rings. The number of carboxylic acids is 1. The van der Waals surface area contributed by atoms with E-state index < -0.39 is 17.3 Å². The van der Waals surface area contributed by atoms with Crippen LogP contribution in [0.3, 0.4) is 0 Å². The normalized spacial score (nSPS) is 32.0. The van der Waals surface area contributed by atoms with Crippen molar-refractivity contribution >= 4 is 18.1 Å². The van der Waals surface area contributed by atoms with Gasteiger partial charge >= 0.3 is 5.97 Å². The predicted molar refractivity (Wildman–Crippen MR) is 208 cm³/mol. The Morgan fingerprint density at radius 3 is 2.33 bits per heavy atom. The summed E-state index contributed by atoms with van der Waals surface area (Å²) in [5.41, 5.74) is 4.93. The molecule has 3 aromatic rings. The fraction of sp³-hybridized carbons (Fsp3) is 0.479. The van der Waals surface area contributed by atoms with Crippen molar-refractivity contribution in [1.82, 2.24) is 0 Å². The van der Waals surface area contributed by atoms with Crippen LogP contribution >= 0.6 is 0 Å². The molecule has 7 atom stereocenters. The Morgan fingerprint density at radius 2 is 1.57 bits per heavy atom. The maximum Gasteiger partial charge on any atom is 0.307 e. The zero-order valence-corrected chi connectivity index (χ0v) is 30.3. The van der Waals surface area contributed by atoms with Crippen molar-refractivity contribution in [2.24, 2.45) is 29.6 Å². The first-order valence-corrected chi connectivity index (χ1v) is 20.2. The molecule has 9 rings (SSSR count). The van der Waals surface area contributed by atoms with Gasteiger partial charge in [0.1, 0.15) is 5.75 Å². The van der Waals surface area contributed by atoms with Crippen LogP contribution in [0.1, 0.15) is 113 Å². The van der Waals surface area contributed by atoms with Crippen molar-refractivity contribution in [2.45, 2.75) is 114 Å². The molecule has 0 radical (unpaired) electrons. The number of carboxylic acid groups (broad SMARTS) is 1. The molecule has 2 N–H and O–H groups in total. The lowest BCUT2D eigenvalue weighted by Gasteiger charge is -2.49. The molecule has 3 aromatic carbocycles. The summed E-state index contributed by atoms with van der Waals surface area (Å²) in [6.45, 7) is 0. The molecule has 0 aromatic heterocycles. The van der Waals surface area contributed by atoms with Gasteiger partial charge in [-0.2, -0.15) is 0 Å². The van der Waals surface area contributed by atoms with Crippen molar-refractivity contribution in [3.05, 3.63) is 124 Å². The minimum Gasteiger partial charge on any atom is -0.508 e. The predicted octanol–water partition coefficient (Wildman–Crippen LogP) is 9.94. The quantitative estimate of drug-likeness (QED) is 0.175. The first-order valence-electron chi connectivity index (χ1n) is 20.2. The van der Waals surface area contributed by atoms with Gasteiger partial charge < -0.3 is 10.2 Å². The zero-order valence-electron chi connectivity index (χ0n) is 30.3. The third-order valence-electron chi connectivity index (χ3n) is 14.1. The van der Waals surface area contributed by atoms with E-state index in [1.54, 1.807) is 0 Å². The minimum atomic E-state index is -0.646. The number of allylic oxidation sites excluding steroid dienone is 4. The molecule has 6 aliphatic carbocycles. The Kier molecular flexibility index (Phi) is 9.83. The van der Waals surface area contributed by atoms with Gasteiger partial charge in [0.25, 0.3) is 0 Å². The highest BCUT2D eigenvalue weighted by Crippen LogP contribution is 2.54. The van der Waals surface area contributed by atoms with E-state index in [0.717, 1.165) is 50.9 Å². The number of aliphatic carboxylic acids is 1. The molecule has 4 bridgehead atoms. The summed E-state index contributed by atoms with van der Waals surface area (Å²) in [6.07, 6.45) is 29.8. The van der Waals surface area contributed by atoms with E-state index in [0.29, 0.717) is 29.9 Å². The van der Waals surface area contributed by atoms with Gasteiger partial charge in [-0.05, 0) is 140 Å². The second kappa shape index (κ2) is 14.6. The summed E-state index contributed by atoms with van der Waals surface area (Å²) in [6, 6.07) is 26.0. The smallest absolute Gasteiger partial charge is 0.307 e. The van der Waals surface area contributed by atoms with E-state index in [1.807, 2.05) is 12.1 Å². The lowest BCUT2D eigenvalue weighted by molar-refractivity contribution is -0.145. The lowest BCUT2D eigenvalue weighted by atomic mass is 9.54. The van der Waals surface area contributed by atoms with Crippen LogP contribution in [0.4, 0.5) is 0 Å². The second-order valence-corrected chi connectivity index (χ2v) is 16.9. The maximum absolute atomic E-state index is 13.5. The molecule has 266 valence electrons. The molecule has 0 heterocycles. The Bertz CT molecular complexity index is 1900. The van der Waals surface area contributed by atoms with Crippen LogP contribution < -0.4 is 10.4 Å². The van der Waals surface area contributed by atoms with Crippen LogP contribution in [-0.2, 0) is 22.0 Å². The van der Waals surface area contributed by atoms with Gasteiger partial charge in [0.2, 0.25) is 0 Å². The fourth-order valence-electron chi connectivity index (χ4n) is 11.3. The number of rotatable bonds is 9. The molecular weight excluding hydrogens is 625 g/mol.